The number of benzene rings is 1. The number of rotatable bonds is 4. The fraction of sp³-hybridized carbons (Fsp3) is 0.412. The summed E-state index contributed by atoms with van der Waals surface area (Å²) in [6, 6.07) is 5.46. The van der Waals surface area contributed by atoms with E-state index in [0.29, 0.717) is 21.6 Å². The van der Waals surface area contributed by atoms with E-state index >= 15 is 0 Å². The number of aromatic nitrogens is 2. The summed E-state index contributed by atoms with van der Waals surface area (Å²) in [5.74, 6) is 1.09. The molecule has 1 fully saturated rings. The van der Waals surface area contributed by atoms with Crippen LogP contribution in [0.2, 0.25) is 5.02 Å². The fourth-order valence-corrected chi connectivity index (χ4v) is 3.89. The highest BCUT2D eigenvalue weighted by Crippen LogP contribution is 2.37. The third-order valence-electron chi connectivity index (χ3n) is 4.63. The van der Waals surface area contributed by atoms with Crippen molar-refractivity contribution < 1.29 is 5.11 Å². The second-order valence-corrected chi connectivity index (χ2v) is 7.65. The molecule has 6 nitrogen and oxygen atoms in total. The molecule has 0 spiro atoms. The van der Waals surface area contributed by atoms with Crippen molar-refractivity contribution in [1.82, 2.24) is 9.97 Å². The molecule has 1 aromatic carbocycles. The minimum atomic E-state index is -0.560. The average Bonchev–Trinajstić information content (AvgIpc) is 2.61. The Bertz CT molecular complexity index is 765. The van der Waals surface area contributed by atoms with Crippen LogP contribution >= 0.6 is 23.4 Å². The number of anilines is 3. The molecule has 5 N–H and O–H groups in total. The van der Waals surface area contributed by atoms with E-state index in [9.17, 15) is 5.11 Å². The van der Waals surface area contributed by atoms with Gasteiger partial charge in [-0.25, -0.2) is 9.97 Å². The summed E-state index contributed by atoms with van der Waals surface area (Å²) in [5.41, 5.74) is 11.9. The summed E-state index contributed by atoms with van der Waals surface area (Å²) >= 11 is 7.57. The summed E-state index contributed by atoms with van der Waals surface area (Å²) in [7, 11) is 0. The first kappa shape index (κ1) is 18.1. The zero-order valence-electron chi connectivity index (χ0n) is 14.1. The van der Waals surface area contributed by atoms with Crippen LogP contribution in [0, 0.1) is 0 Å². The minimum absolute atomic E-state index is 0.359. The maximum absolute atomic E-state index is 10.3. The van der Waals surface area contributed by atoms with Crippen LogP contribution in [0.5, 0.6) is 0 Å². The molecular weight excluding hydrogens is 358 g/mol. The van der Waals surface area contributed by atoms with Gasteiger partial charge in [-0.05, 0) is 31.4 Å². The molecule has 0 amide bonds. The van der Waals surface area contributed by atoms with E-state index in [4.69, 9.17) is 23.1 Å². The van der Waals surface area contributed by atoms with Gasteiger partial charge in [0.15, 0.2) is 5.82 Å². The van der Waals surface area contributed by atoms with Crippen molar-refractivity contribution in [2.75, 3.05) is 29.5 Å². The number of hydrogen-bond acceptors (Lipinski definition) is 7. The Labute approximate surface area is 156 Å². The van der Waals surface area contributed by atoms with Gasteiger partial charge in [0.1, 0.15) is 10.8 Å². The highest BCUT2D eigenvalue weighted by Gasteiger charge is 2.31. The van der Waals surface area contributed by atoms with Crippen LogP contribution in [0.25, 0.3) is 0 Å². The van der Waals surface area contributed by atoms with Gasteiger partial charge in [-0.2, -0.15) is 0 Å². The third kappa shape index (κ3) is 3.94. The molecule has 3 rings (SSSR count). The van der Waals surface area contributed by atoms with Crippen LogP contribution in [-0.4, -0.2) is 33.8 Å². The van der Waals surface area contributed by atoms with E-state index in [2.05, 4.69) is 14.9 Å². The lowest BCUT2D eigenvalue weighted by Crippen LogP contribution is -2.44. The molecule has 1 aliphatic rings. The van der Waals surface area contributed by atoms with Gasteiger partial charge in [-0.3, -0.25) is 0 Å². The van der Waals surface area contributed by atoms with Gasteiger partial charge in [-0.1, -0.05) is 36.4 Å². The molecule has 0 atom stereocenters. The maximum Gasteiger partial charge on any atom is 0.158 e. The first-order valence-corrected chi connectivity index (χ1v) is 9.43. The van der Waals surface area contributed by atoms with E-state index < -0.39 is 5.60 Å². The van der Waals surface area contributed by atoms with Gasteiger partial charge >= 0.3 is 0 Å². The summed E-state index contributed by atoms with van der Waals surface area (Å²) in [6.07, 6.45) is 3.93. The average molecular weight is 380 g/mol. The lowest BCUT2D eigenvalue weighted by molar-refractivity contribution is 0.0124. The third-order valence-corrected chi connectivity index (χ3v) is 6.23. The Morgan fingerprint density at radius 3 is 2.68 bits per heavy atom. The van der Waals surface area contributed by atoms with Crippen LogP contribution in [0.1, 0.15) is 26.2 Å². The van der Waals surface area contributed by atoms with Crippen molar-refractivity contribution in [3.05, 3.63) is 29.4 Å². The van der Waals surface area contributed by atoms with Crippen molar-refractivity contribution in [1.29, 1.82) is 0 Å². The molecule has 8 heteroatoms. The van der Waals surface area contributed by atoms with Crippen molar-refractivity contribution in [3.63, 3.8) is 0 Å². The number of halogens is 1. The highest BCUT2D eigenvalue weighted by atomic mass is 35.5. The van der Waals surface area contributed by atoms with E-state index in [1.807, 2.05) is 19.1 Å². The van der Waals surface area contributed by atoms with Gasteiger partial charge in [0.2, 0.25) is 0 Å². The molecule has 1 aromatic heterocycles. The predicted octanol–water partition coefficient (Wildman–Crippen LogP) is 3.19. The number of aliphatic hydroxyl groups is 1. The molecule has 134 valence electrons. The Morgan fingerprint density at radius 1 is 1.32 bits per heavy atom. The summed E-state index contributed by atoms with van der Waals surface area (Å²) in [5, 5.41) is 11.4. The molecule has 0 aliphatic carbocycles. The maximum atomic E-state index is 10.3. The molecule has 25 heavy (non-hydrogen) atoms. The molecule has 0 saturated carbocycles. The van der Waals surface area contributed by atoms with Gasteiger partial charge in [-0.15, -0.1) is 0 Å². The van der Waals surface area contributed by atoms with Crippen LogP contribution in [0.4, 0.5) is 17.3 Å². The summed E-state index contributed by atoms with van der Waals surface area (Å²) in [4.78, 5) is 11.8. The standard InChI is InChI=1S/C17H22ClN5OS/c1-2-17(24)6-8-23(9-7-17)13-10-21-16(15(20)22-13)25-12-5-3-4-11(19)14(12)18/h3-5,10,24H,2,6-9,19H2,1H3,(H2,20,22). The number of hydrogen-bond donors (Lipinski definition) is 3. The van der Waals surface area contributed by atoms with E-state index in [1.54, 1.807) is 12.3 Å². The molecule has 0 bridgehead atoms. The van der Waals surface area contributed by atoms with Gasteiger partial charge < -0.3 is 21.5 Å². The van der Waals surface area contributed by atoms with Crippen molar-refractivity contribution in [3.8, 4) is 0 Å². The smallest absolute Gasteiger partial charge is 0.158 e. The zero-order chi connectivity index (χ0) is 18.0. The predicted molar refractivity (Wildman–Crippen MR) is 103 cm³/mol. The summed E-state index contributed by atoms with van der Waals surface area (Å²) in [6.45, 7) is 3.50. The molecule has 1 aliphatic heterocycles. The second-order valence-electron chi connectivity index (χ2n) is 6.24. The number of nitrogens with two attached hydrogens (primary N) is 2. The van der Waals surface area contributed by atoms with Crippen LogP contribution in [0.15, 0.2) is 34.3 Å². The molecule has 0 unspecified atom stereocenters. The normalized spacial score (nSPS) is 16.8. The Morgan fingerprint density at radius 2 is 2.04 bits per heavy atom. The van der Waals surface area contributed by atoms with Gasteiger partial charge in [0, 0.05) is 18.0 Å². The molecule has 1 saturated heterocycles. The van der Waals surface area contributed by atoms with Crippen LogP contribution < -0.4 is 16.4 Å². The fourth-order valence-electron chi connectivity index (χ4n) is 2.83. The quantitative estimate of drug-likeness (QED) is 0.701. The van der Waals surface area contributed by atoms with E-state index in [1.165, 1.54) is 11.8 Å². The first-order chi connectivity index (χ1) is 11.9. The lowest BCUT2D eigenvalue weighted by Gasteiger charge is -2.38. The number of piperidine rings is 1. The second kappa shape index (κ2) is 7.27. The van der Waals surface area contributed by atoms with Gasteiger partial charge in [0.05, 0.1) is 22.5 Å². The Hall–Kier alpha value is -1.70. The number of nitrogen functional groups attached to an aromatic ring is 2. The monoisotopic (exact) mass is 379 g/mol. The van der Waals surface area contributed by atoms with Gasteiger partial charge in [0.25, 0.3) is 0 Å². The van der Waals surface area contributed by atoms with Crippen molar-refractivity contribution in [2.45, 2.75) is 41.7 Å². The molecule has 2 heterocycles. The topological polar surface area (TPSA) is 101 Å². The van der Waals surface area contributed by atoms with Crippen LogP contribution in [-0.2, 0) is 0 Å². The van der Waals surface area contributed by atoms with Crippen molar-refractivity contribution >= 4 is 40.7 Å². The van der Waals surface area contributed by atoms with Crippen molar-refractivity contribution in [2.24, 2.45) is 0 Å². The zero-order valence-corrected chi connectivity index (χ0v) is 15.6. The largest absolute Gasteiger partial charge is 0.397 e. The Balaban J connectivity index is 1.74. The van der Waals surface area contributed by atoms with E-state index in [-0.39, 0.29) is 0 Å². The Kier molecular flexibility index (Phi) is 5.27. The first-order valence-electron chi connectivity index (χ1n) is 8.23. The summed E-state index contributed by atoms with van der Waals surface area (Å²) < 4.78 is 0. The highest BCUT2D eigenvalue weighted by molar-refractivity contribution is 7.99. The number of nitrogens with zero attached hydrogens (tertiary/aromatic N) is 3. The SMILES string of the molecule is CCC1(O)CCN(c2cnc(Sc3cccc(N)c3Cl)c(N)n2)CC1. The lowest BCUT2D eigenvalue weighted by atomic mass is 9.89. The molecule has 0 radical (unpaired) electrons. The van der Waals surface area contributed by atoms with E-state index in [0.717, 1.165) is 43.1 Å². The molecular formula is C17H22ClN5OS. The van der Waals surface area contributed by atoms with Crippen LogP contribution in [0.3, 0.4) is 0 Å². The molecule has 2 aromatic rings. The minimum Gasteiger partial charge on any atom is -0.397 e.